The lowest BCUT2D eigenvalue weighted by Crippen LogP contribution is -2.47. The Hall–Kier alpha value is -2.87. The van der Waals surface area contributed by atoms with Crippen LogP contribution in [0.25, 0.3) is 10.6 Å². The molecule has 0 bridgehead atoms. The largest absolute Gasteiger partial charge is 0.292 e. The number of nitrogens with one attached hydrogen (secondary N) is 1. The Labute approximate surface area is 154 Å². The van der Waals surface area contributed by atoms with Gasteiger partial charge in [-0.15, -0.1) is 11.3 Å². The van der Waals surface area contributed by atoms with Gasteiger partial charge in [0.1, 0.15) is 11.2 Å². The zero-order valence-corrected chi connectivity index (χ0v) is 15.8. The molecule has 0 aliphatic carbocycles. The zero-order valence-electron chi connectivity index (χ0n) is 15.0. The van der Waals surface area contributed by atoms with Crippen LogP contribution in [-0.2, 0) is 10.3 Å². The van der Waals surface area contributed by atoms with E-state index < -0.39 is 11.4 Å². The van der Waals surface area contributed by atoms with Gasteiger partial charge < -0.3 is 0 Å². The molecule has 7 nitrogen and oxygen atoms in total. The minimum Gasteiger partial charge on any atom is -0.292 e. The Morgan fingerprint density at radius 3 is 2.46 bits per heavy atom. The molecular weight excluding hydrogens is 350 g/mol. The van der Waals surface area contributed by atoms with Crippen LogP contribution in [0.5, 0.6) is 0 Å². The summed E-state index contributed by atoms with van der Waals surface area (Å²) in [4.78, 5) is 34.5. The number of anilines is 1. The lowest BCUT2D eigenvalue weighted by atomic mass is 10.0. The number of carbonyl (C=O) groups is 1. The molecule has 26 heavy (non-hydrogen) atoms. The number of amides is 1. The molecule has 3 aromatic rings. The normalized spacial score (nSPS) is 11.4. The molecule has 3 aromatic heterocycles. The number of aryl methyl sites for hydroxylation is 2. The van der Waals surface area contributed by atoms with Crippen LogP contribution in [0.15, 0.2) is 40.5 Å². The molecule has 0 fully saturated rings. The molecule has 1 N–H and O–H groups in total. The molecular formula is C18H19N5O2S. The summed E-state index contributed by atoms with van der Waals surface area (Å²) in [6.45, 7) is 6.92. The van der Waals surface area contributed by atoms with Crippen LogP contribution in [0, 0.1) is 13.8 Å². The Morgan fingerprint density at radius 2 is 1.85 bits per heavy atom. The Balaban J connectivity index is 1.95. The number of rotatable bonds is 4. The van der Waals surface area contributed by atoms with E-state index in [9.17, 15) is 9.59 Å². The van der Waals surface area contributed by atoms with E-state index in [0.717, 1.165) is 16.3 Å². The maximum absolute atomic E-state index is 12.8. The molecule has 0 radical (unpaired) electrons. The lowest BCUT2D eigenvalue weighted by Gasteiger charge is -2.24. The molecule has 3 heterocycles. The molecule has 0 aliphatic rings. The molecule has 0 aliphatic heterocycles. The number of aromatic nitrogens is 4. The van der Waals surface area contributed by atoms with E-state index in [1.54, 1.807) is 19.9 Å². The van der Waals surface area contributed by atoms with Gasteiger partial charge in [0.2, 0.25) is 5.95 Å². The maximum Gasteiger partial charge on any atom is 0.267 e. The van der Waals surface area contributed by atoms with Crippen molar-refractivity contribution in [3.05, 3.63) is 57.5 Å². The maximum atomic E-state index is 12.8. The molecule has 3 rings (SSSR count). The third-order valence-corrected chi connectivity index (χ3v) is 4.76. The average Bonchev–Trinajstić information content (AvgIpc) is 3.08. The van der Waals surface area contributed by atoms with Crippen molar-refractivity contribution < 1.29 is 4.79 Å². The Kier molecular flexibility index (Phi) is 4.69. The predicted molar refractivity (Wildman–Crippen MR) is 101 cm³/mol. The number of carbonyl (C=O) groups excluding carboxylic acids is 1. The summed E-state index contributed by atoms with van der Waals surface area (Å²) in [7, 11) is 0. The second kappa shape index (κ2) is 6.80. The molecule has 0 unspecified atom stereocenters. The second-order valence-corrected chi connectivity index (χ2v) is 7.38. The summed E-state index contributed by atoms with van der Waals surface area (Å²) in [5.41, 5.74) is 0.571. The summed E-state index contributed by atoms with van der Waals surface area (Å²) in [6.07, 6.45) is 0. The lowest BCUT2D eigenvalue weighted by molar-refractivity contribution is -0.123. The van der Waals surface area contributed by atoms with Crippen LogP contribution in [0.2, 0.25) is 0 Å². The molecule has 1 amide bonds. The molecule has 8 heteroatoms. The van der Waals surface area contributed by atoms with Crippen LogP contribution in [0.3, 0.4) is 0 Å². The van der Waals surface area contributed by atoms with Crippen molar-refractivity contribution >= 4 is 23.2 Å². The smallest absolute Gasteiger partial charge is 0.267 e. The number of hydrogen-bond donors (Lipinski definition) is 1. The average molecular weight is 369 g/mol. The predicted octanol–water partition coefficient (Wildman–Crippen LogP) is 2.75. The van der Waals surface area contributed by atoms with Crippen molar-refractivity contribution in [3.8, 4) is 10.6 Å². The van der Waals surface area contributed by atoms with E-state index in [1.807, 2.05) is 37.4 Å². The minimum atomic E-state index is -1.22. The first kappa shape index (κ1) is 17.9. The van der Waals surface area contributed by atoms with Gasteiger partial charge in [-0.25, -0.2) is 14.6 Å². The van der Waals surface area contributed by atoms with E-state index in [1.165, 1.54) is 22.1 Å². The van der Waals surface area contributed by atoms with Crippen LogP contribution in [0.4, 0.5) is 5.95 Å². The van der Waals surface area contributed by atoms with Gasteiger partial charge >= 0.3 is 0 Å². The van der Waals surface area contributed by atoms with Crippen molar-refractivity contribution in [1.82, 2.24) is 19.7 Å². The molecule has 134 valence electrons. The SMILES string of the molecule is Cc1cc(C)nc(NC(=O)C(C)(C)n2nc(-c3cccs3)ccc2=O)n1. The number of hydrogen-bond acceptors (Lipinski definition) is 6. The fraction of sp³-hybridized carbons (Fsp3) is 0.278. The summed E-state index contributed by atoms with van der Waals surface area (Å²) < 4.78 is 1.19. The van der Waals surface area contributed by atoms with Gasteiger partial charge in [0.05, 0.1) is 4.88 Å². The molecule has 0 saturated heterocycles. The minimum absolute atomic E-state index is 0.211. The zero-order chi connectivity index (χ0) is 18.9. The number of thiophene rings is 1. The van der Waals surface area contributed by atoms with E-state index in [-0.39, 0.29) is 11.5 Å². The van der Waals surface area contributed by atoms with Crippen molar-refractivity contribution in [3.63, 3.8) is 0 Å². The van der Waals surface area contributed by atoms with Gasteiger partial charge in [-0.1, -0.05) is 6.07 Å². The first-order valence-electron chi connectivity index (χ1n) is 8.06. The first-order valence-corrected chi connectivity index (χ1v) is 8.94. The summed E-state index contributed by atoms with van der Waals surface area (Å²) in [6, 6.07) is 8.72. The fourth-order valence-corrected chi connectivity index (χ4v) is 3.19. The van der Waals surface area contributed by atoms with Crippen molar-refractivity contribution in [1.29, 1.82) is 0 Å². The van der Waals surface area contributed by atoms with Crippen LogP contribution in [0.1, 0.15) is 25.2 Å². The van der Waals surface area contributed by atoms with Gasteiger partial charge in [-0.2, -0.15) is 5.10 Å². The number of nitrogens with zero attached hydrogens (tertiary/aromatic N) is 4. The second-order valence-electron chi connectivity index (χ2n) is 6.43. The topological polar surface area (TPSA) is 89.8 Å². The van der Waals surface area contributed by atoms with Crippen LogP contribution < -0.4 is 10.9 Å². The highest BCUT2D eigenvalue weighted by molar-refractivity contribution is 7.13. The van der Waals surface area contributed by atoms with E-state index in [2.05, 4.69) is 20.4 Å². The molecule has 0 aromatic carbocycles. The van der Waals surface area contributed by atoms with Gasteiger partial charge in [-0.05, 0) is 51.3 Å². The highest BCUT2D eigenvalue weighted by Crippen LogP contribution is 2.23. The monoisotopic (exact) mass is 369 g/mol. The Morgan fingerprint density at radius 1 is 1.15 bits per heavy atom. The summed E-state index contributed by atoms with van der Waals surface area (Å²) in [5.74, 6) is -0.205. The molecule has 0 spiro atoms. The summed E-state index contributed by atoms with van der Waals surface area (Å²) in [5, 5.41) is 9.01. The summed E-state index contributed by atoms with van der Waals surface area (Å²) >= 11 is 1.52. The molecule has 0 atom stereocenters. The van der Waals surface area contributed by atoms with Gasteiger partial charge in [0.25, 0.3) is 11.5 Å². The van der Waals surface area contributed by atoms with E-state index >= 15 is 0 Å². The highest BCUT2D eigenvalue weighted by Gasteiger charge is 2.33. The highest BCUT2D eigenvalue weighted by atomic mass is 32.1. The van der Waals surface area contributed by atoms with E-state index in [4.69, 9.17) is 0 Å². The first-order chi connectivity index (χ1) is 12.3. The van der Waals surface area contributed by atoms with Gasteiger partial charge in [0, 0.05) is 17.5 Å². The van der Waals surface area contributed by atoms with Crippen LogP contribution >= 0.6 is 11.3 Å². The van der Waals surface area contributed by atoms with Gasteiger partial charge in [-0.3, -0.25) is 14.9 Å². The Bertz CT molecular complexity index is 988. The quantitative estimate of drug-likeness (QED) is 0.764. The van der Waals surface area contributed by atoms with Gasteiger partial charge in [0.15, 0.2) is 0 Å². The van der Waals surface area contributed by atoms with Crippen LogP contribution in [-0.4, -0.2) is 25.7 Å². The molecule has 0 saturated carbocycles. The van der Waals surface area contributed by atoms with E-state index in [0.29, 0.717) is 5.69 Å². The van der Waals surface area contributed by atoms with Crippen molar-refractivity contribution in [2.45, 2.75) is 33.2 Å². The fourth-order valence-electron chi connectivity index (χ4n) is 2.50. The standard InChI is InChI=1S/C18H19N5O2S/c1-11-10-12(2)20-17(19-11)21-16(25)18(3,4)23-15(24)8-7-13(22-23)14-6-5-9-26-14/h5-10H,1-4H3,(H,19,20,21,25). The third-order valence-electron chi connectivity index (χ3n) is 3.87. The third kappa shape index (κ3) is 3.55. The van der Waals surface area contributed by atoms with Crippen molar-refractivity contribution in [2.24, 2.45) is 0 Å². The van der Waals surface area contributed by atoms with Crippen molar-refractivity contribution in [2.75, 3.05) is 5.32 Å².